The van der Waals surface area contributed by atoms with Gasteiger partial charge in [-0.15, -0.1) is 0 Å². The molecule has 1 aromatic rings. The molecule has 0 heterocycles. The van der Waals surface area contributed by atoms with E-state index < -0.39 is 0 Å². The Kier molecular flexibility index (Phi) is 4.07. The smallest absolute Gasteiger partial charge is 0.170 e. The molecule has 0 amide bonds. The molecule has 0 aliphatic heterocycles. The molecular weight excluding hydrogens is 226 g/mol. The molecule has 0 aromatic heterocycles. The maximum Gasteiger partial charge on any atom is 0.170 e. The topological polar surface area (TPSA) is 61.8 Å². The summed E-state index contributed by atoms with van der Waals surface area (Å²) in [7, 11) is 2.13. The van der Waals surface area contributed by atoms with Crippen LogP contribution in [0.25, 0.3) is 0 Å². The van der Waals surface area contributed by atoms with Crippen molar-refractivity contribution in [3.63, 3.8) is 0 Å². The van der Waals surface area contributed by atoms with Crippen LogP contribution in [0.1, 0.15) is 37.7 Å². The average Bonchev–Trinajstić information content (AvgIpc) is 2.46. The molecule has 0 spiro atoms. The van der Waals surface area contributed by atoms with Gasteiger partial charge in [-0.3, -0.25) is 0 Å². The van der Waals surface area contributed by atoms with E-state index in [1.165, 1.54) is 32.1 Å². The molecule has 3 N–H and O–H groups in total. The predicted molar refractivity (Wildman–Crippen MR) is 74.2 cm³/mol. The second-order valence-electron chi connectivity index (χ2n) is 4.94. The lowest BCUT2D eigenvalue weighted by atomic mass is 9.94. The normalized spacial score (nSPS) is 17.7. The molecule has 1 saturated carbocycles. The van der Waals surface area contributed by atoms with Gasteiger partial charge >= 0.3 is 0 Å². The lowest BCUT2D eigenvalue weighted by Crippen LogP contribution is -2.33. The fraction of sp³-hybridized carbons (Fsp3) is 0.500. The number of hydrogen-bond acceptors (Lipinski definition) is 3. The van der Waals surface area contributed by atoms with Crippen molar-refractivity contribution in [3.05, 3.63) is 29.8 Å². The first kappa shape index (κ1) is 12.7. The maximum absolute atomic E-state index is 8.72. The molecule has 4 heteroatoms. The number of nitrogens with two attached hydrogens (primary N) is 1. The molecule has 0 radical (unpaired) electrons. The zero-order valence-corrected chi connectivity index (χ0v) is 10.8. The van der Waals surface area contributed by atoms with Gasteiger partial charge in [-0.1, -0.05) is 36.6 Å². The second kappa shape index (κ2) is 5.76. The molecule has 1 aliphatic rings. The zero-order valence-electron chi connectivity index (χ0n) is 10.8. The first-order valence-electron chi connectivity index (χ1n) is 6.53. The van der Waals surface area contributed by atoms with E-state index >= 15 is 0 Å². The van der Waals surface area contributed by atoms with Gasteiger partial charge in [-0.25, -0.2) is 0 Å². The number of anilines is 1. The minimum atomic E-state index is 0.161. The van der Waals surface area contributed by atoms with Crippen molar-refractivity contribution >= 4 is 11.5 Å². The highest BCUT2D eigenvalue weighted by Crippen LogP contribution is 2.26. The van der Waals surface area contributed by atoms with Crippen molar-refractivity contribution in [1.29, 1.82) is 0 Å². The van der Waals surface area contributed by atoms with E-state index in [9.17, 15) is 0 Å². The minimum absolute atomic E-state index is 0.161. The van der Waals surface area contributed by atoms with E-state index in [4.69, 9.17) is 10.9 Å². The Hall–Kier alpha value is -1.71. The Morgan fingerprint density at radius 1 is 1.33 bits per heavy atom. The van der Waals surface area contributed by atoms with E-state index in [2.05, 4.69) is 23.2 Å². The van der Waals surface area contributed by atoms with E-state index in [0.29, 0.717) is 6.04 Å². The fourth-order valence-corrected chi connectivity index (χ4v) is 2.62. The summed E-state index contributed by atoms with van der Waals surface area (Å²) in [6.45, 7) is 0. The van der Waals surface area contributed by atoms with Crippen molar-refractivity contribution in [1.82, 2.24) is 0 Å². The van der Waals surface area contributed by atoms with Crippen molar-refractivity contribution in [2.45, 2.75) is 38.1 Å². The van der Waals surface area contributed by atoms with Gasteiger partial charge in [-0.05, 0) is 25.0 Å². The molecule has 2 rings (SSSR count). The highest BCUT2D eigenvalue weighted by Gasteiger charge is 2.18. The van der Waals surface area contributed by atoms with Crippen LogP contribution in [0, 0.1) is 0 Å². The molecular formula is C14H21N3O. The summed E-state index contributed by atoms with van der Waals surface area (Å²) in [5.41, 5.74) is 7.52. The monoisotopic (exact) mass is 247 g/mol. The minimum Gasteiger partial charge on any atom is -0.409 e. The molecule has 1 aliphatic carbocycles. The first-order valence-corrected chi connectivity index (χ1v) is 6.53. The van der Waals surface area contributed by atoms with Gasteiger partial charge in [0, 0.05) is 24.3 Å². The van der Waals surface area contributed by atoms with Crippen molar-refractivity contribution in [2.24, 2.45) is 10.9 Å². The summed E-state index contributed by atoms with van der Waals surface area (Å²) in [4.78, 5) is 2.31. The quantitative estimate of drug-likeness (QED) is 0.373. The third kappa shape index (κ3) is 2.75. The van der Waals surface area contributed by atoms with Gasteiger partial charge in [0.15, 0.2) is 5.84 Å². The Morgan fingerprint density at radius 2 is 2.06 bits per heavy atom. The molecule has 0 unspecified atom stereocenters. The highest BCUT2D eigenvalue weighted by atomic mass is 16.4. The van der Waals surface area contributed by atoms with Gasteiger partial charge in [0.1, 0.15) is 0 Å². The lowest BCUT2D eigenvalue weighted by molar-refractivity contribution is 0.318. The summed E-state index contributed by atoms with van der Waals surface area (Å²) < 4.78 is 0. The maximum atomic E-state index is 8.72. The third-order valence-corrected chi connectivity index (χ3v) is 3.78. The van der Waals surface area contributed by atoms with Crippen LogP contribution < -0.4 is 10.6 Å². The van der Waals surface area contributed by atoms with Crippen LogP contribution in [-0.2, 0) is 0 Å². The Morgan fingerprint density at radius 3 is 2.72 bits per heavy atom. The first-order chi connectivity index (χ1) is 8.72. The van der Waals surface area contributed by atoms with Crippen molar-refractivity contribution < 1.29 is 5.21 Å². The number of nitrogens with zero attached hydrogens (tertiary/aromatic N) is 2. The standard InChI is InChI=1S/C14H21N3O/c1-17(12-7-3-2-4-8-12)13-9-5-6-11(10-13)14(15)16-18/h5-6,9-10,12,18H,2-4,7-8H2,1H3,(H2,15,16). The summed E-state index contributed by atoms with van der Waals surface area (Å²) in [5, 5.41) is 11.8. The molecule has 1 aromatic carbocycles. The van der Waals surface area contributed by atoms with E-state index in [1.807, 2.05) is 18.2 Å². The highest BCUT2D eigenvalue weighted by molar-refractivity contribution is 5.97. The Balaban J connectivity index is 2.16. The lowest BCUT2D eigenvalue weighted by Gasteiger charge is -2.33. The van der Waals surface area contributed by atoms with E-state index in [0.717, 1.165) is 11.3 Å². The van der Waals surface area contributed by atoms with Gasteiger partial charge in [-0.2, -0.15) is 0 Å². The molecule has 4 nitrogen and oxygen atoms in total. The SMILES string of the molecule is CN(c1cccc(/C(N)=N/O)c1)C1CCCCC1. The number of oxime groups is 1. The van der Waals surface area contributed by atoms with Crippen LogP contribution in [0.5, 0.6) is 0 Å². The van der Waals surface area contributed by atoms with Crippen LogP contribution in [0.15, 0.2) is 29.4 Å². The molecule has 0 bridgehead atoms. The van der Waals surface area contributed by atoms with Gasteiger partial charge in [0.05, 0.1) is 0 Å². The number of benzene rings is 1. The second-order valence-corrected chi connectivity index (χ2v) is 4.94. The average molecular weight is 247 g/mol. The van der Waals surface area contributed by atoms with Crippen molar-refractivity contribution in [3.8, 4) is 0 Å². The summed E-state index contributed by atoms with van der Waals surface area (Å²) in [6, 6.07) is 8.46. The summed E-state index contributed by atoms with van der Waals surface area (Å²) in [6.07, 6.45) is 6.49. The van der Waals surface area contributed by atoms with Crippen LogP contribution in [-0.4, -0.2) is 24.1 Å². The van der Waals surface area contributed by atoms with Crippen LogP contribution in [0.2, 0.25) is 0 Å². The molecule has 18 heavy (non-hydrogen) atoms. The Labute approximate surface area is 108 Å². The van der Waals surface area contributed by atoms with Crippen LogP contribution in [0.3, 0.4) is 0 Å². The largest absolute Gasteiger partial charge is 0.409 e. The number of amidine groups is 1. The van der Waals surface area contributed by atoms with Gasteiger partial charge < -0.3 is 15.8 Å². The fourth-order valence-electron chi connectivity index (χ4n) is 2.62. The van der Waals surface area contributed by atoms with Crippen molar-refractivity contribution in [2.75, 3.05) is 11.9 Å². The van der Waals surface area contributed by atoms with E-state index in [-0.39, 0.29) is 5.84 Å². The van der Waals surface area contributed by atoms with E-state index in [1.54, 1.807) is 0 Å². The molecule has 98 valence electrons. The zero-order chi connectivity index (χ0) is 13.0. The van der Waals surface area contributed by atoms with Crippen LogP contribution >= 0.6 is 0 Å². The molecule has 0 saturated heterocycles. The number of hydrogen-bond donors (Lipinski definition) is 2. The van der Waals surface area contributed by atoms with Crippen LogP contribution in [0.4, 0.5) is 5.69 Å². The van der Waals surface area contributed by atoms with Gasteiger partial charge in [0.25, 0.3) is 0 Å². The number of rotatable bonds is 3. The predicted octanol–water partition coefficient (Wildman–Crippen LogP) is 2.55. The molecule has 1 fully saturated rings. The van der Waals surface area contributed by atoms with Gasteiger partial charge in [0.2, 0.25) is 0 Å². The third-order valence-electron chi connectivity index (χ3n) is 3.78. The summed E-state index contributed by atoms with van der Waals surface area (Å²) in [5.74, 6) is 0.161. The Bertz CT molecular complexity index is 425. The molecule has 0 atom stereocenters. The summed E-state index contributed by atoms with van der Waals surface area (Å²) >= 11 is 0.